The number of halogens is 1. The first-order chi connectivity index (χ1) is 8.08. The van der Waals surface area contributed by atoms with Crippen LogP contribution in [0.3, 0.4) is 0 Å². The fraction of sp³-hybridized carbons (Fsp3) is 0.0909. The van der Waals surface area contributed by atoms with E-state index < -0.39 is 0 Å². The molecule has 2 heterocycles. The molecule has 0 aromatic carbocycles. The predicted molar refractivity (Wildman–Crippen MR) is 63.9 cm³/mol. The lowest BCUT2D eigenvalue weighted by atomic mass is 10.1. The monoisotopic (exact) mass is 248 g/mol. The summed E-state index contributed by atoms with van der Waals surface area (Å²) in [5.41, 5.74) is 6.15. The van der Waals surface area contributed by atoms with Gasteiger partial charge in [-0.05, 0) is 19.1 Å². The van der Waals surface area contributed by atoms with Crippen molar-refractivity contribution in [2.75, 3.05) is 5.73 Å². The van der Waals surface area contributed by atoms with Gasteiger partial charge in [-0.3, -0.25) is 4.79 Å². The van der Waals surface area contributed by atoms with Crippen LogP contribution in [0.4, 0.5) is 5.82 Å². The molecule has 0 radical (unpaired) electrons. The number of nitrogens with zero attached hydrogens (tertiary/aromatic N) is 3. The predicted octanol–water partition coefficient (Wildman–Crippen LogP) is 1.65. The van der Waals surface area contributed by atoms with Crippen LogP contribution in [-0.2, 0) is 0 Å². The maximum Gasteiger partial charge on any atom is 0.215 e. The first kappa shape index (κ1) is 11.5. The summed E-state index contributed by atoms with van der Waals surface area (Å²) in [6.45, 7) is 1.70. The van der Waals surface area contributed by atoms with Gasteiger partial charge in [0.1, 0.15) is 17.3 Å². The molecule has 0 fully saturated rings. The third kappa shape index (κ3) is 2.39. The molecule has 17 heavy (non-hydrogen) atoms. The molecule has 2 aromatic heterocycles. The second-order valence-electron chi connectivity index (χ2n) is 3.40. The maximum atomic E-state index is 12.1. The SMILES string of the molecule is Cc1nccc(C(=O)c2cc(Cl)cnc2N)n1. The number of rotatable bonds is 2. The van der Waals surface area contributed by atoms with Gasteiger partial charge in [-0.25, -0.2) is 15.0 Å². The Balaban J connectivity index is 2.47. The standard InChI is InChI=1S/C11H9ClN4O/c1-6-14-3-2-9(16-6)10(17)8-4-7(12)5-15-11(8)13/h2-5H,1H3,(H2,13,15). The van der Waals surface area contributed by atoms with E-state index in [-0.39, 0.29) is 22.9 Å². The van der Waals surface area contributed by atoms with E-state index in [1.807, 2.05) is 0 Å². The van der Waals surface area contributed by atoms with Crippen LogP contribution in [0.25, 0.3) is 0 Å². The van der Waals surface area contributed by atoms with E-state index in [1.54, 1.807) is 6.92 Å². The van der Waals surface area contributed by atoms with Crippen molar-refractivity contribution in [1.82, 2.24) is 15.0 Å². The number of carbonyl (C=O) groups is 1. The molecule has 2 rings (SSSR count). The van der Waals surface area contributed by atoms with Crippen LogP contribution in [-0.4, -0.2) is 20.7 Å². The highest BCUT2D eigenvalue weighted by atomic mass is 35.5. The van der Waals surface area contributed by atoms with Crippen LogP contribution in [0.15, 0.2) is 24.5 Å². The zero-order valence-electron chi connectivity index (χ0n) is 9.01. The van der Waals surface area contributed by atoms with Gasteiger partial charge in [0.25, 0.3) is 0 Å². The van der Waals surface area contributed by atoms with Gasteiger partial charge in [0.15, 0.2) is 0 Å². The minimum Gasteiger partial charge on any atom is -0.383 e. The van der Waals surface area contributed by atoms with Crippen molar-refractivity contribution in [2.24, 2.45) is 0 Å². The molecule has 6 heteroatoms. The molecule has 5 nitrogen and oxygen atoms in total. The summed E-state index contributed by atoms with van der Waals surface area (Å²) in [6.07, 6.45) is 2.91. The van der Waals surface area contributed by atoms with Crippen molar-refractivity contribution >= 4 is 23.2 Å². The van der Waals surface area contributed by atoms with Crippen molar-refractivity contribution in [2.45, 2.75) is 6.92 Å². The average Bonchev–Trinajstić information content (AvgIpc) is 2.31. The molecule has 0 aliphatic rings. The Morgan fingerprint density at radius 2 is 2.18 bits per heavy atom. The number of aryl methyl sites for hydroxylation is 1. The molecule has 0 aliphatic carbocycles. The van der Waals surface area contributed by atoms with Crippen LogP contribution in [0.1, 0.15) is 21.9 Å². The average molecular weight is 249 g/mol. The lowest BCUT2D eigenvalue weighted by Crippen LogP contribution is -2.09. The summed E-state index contributed by atoms with van der Waals surface area (Å²) in [6, 6.07) is 3.00. The number of carbonyl (C=O) groups excluding carboxylic acids is 1. The number of ketones is 1. The highest BCUT2D eigenvalue weighted by molar-refractivity contribution is 6.31. The Morgan fingerprint density at radius 1 is 1.41 bits per heavy atom. The van der Waals surface area contributed by atoms with E-state index in [0.717, 1.165) is 0 Å². The lowest BCUT2D eigenvalue weighted by molar-refractivity contribution is 0.103. The summed E-state index contributed by atoms with van der Waals surface area (Å²) >= 11 is 5.78. The maximum absolute atomic E-state index is 12.1. The normalized spacial score (nSPS) is 10.2. The van der Waals surface area contributed by atoms with Gasteiger partial charge in [0.05, 0.1) is 10.6 Å². The van der Waals surface area contributed by atoms with Crippen LogP contribution in [0, 0.1) is 6.92 Å². The van der Waals surface area contributed by atoms with E-state index in [0.29, 0.717) is 10.8 Å². The number of hydrogen-bond donors (Lipinski definition) is 1. The van der Waals surface area contributed by atoms with Crippen LogP contribution in [0.5, 0.6) is 0 Å². The Labute approximate surface area is 103 Å². The number of pyridine rings is 1. The highest BCUT2D eigenvalue weighted by Gasteiger charge is 2.15. The summed E-state index contributed by atoms with van der Waals surface area (Å²) < 4.78 is 0. The quantitative estimate of drug-likeness (QED) is 0.817. The van der Waals surface area contributed by atoms with Gasteiger partial charge in [-0.2, -0.15) is 0 Å². The van der Waals surface area contributed by atoms with Crippen LogP contribution in [0.2, 0.25) is 5.02 Å². The van der Waals surface area contributed by atoms with Gasteiger partial charge in [0.2, 0.25) is 5.78 Å². The first-order valence-corrected chi connectivity index (χ1v) is 5.21. The number of hydrogen-bond acceptors (Lipinski definition) is 5. The molecule has 86 valence electrons. The van der Waals surface area contributed by atoms with Crippen molar-refractivity contribution in [1.29, 1.82) is 0 Å². The first-order valence-electron chi connectivity index (χ1n) is 4.83. The Kier molecular flexibility index (Phi) is 3.01. The minimum absolute atomic E-state index is 0.135. The second-order valence-corrected chi connectivity index (χ2v) is 3.84. The topological polar surface area (TPSA) is 81.8 Å². The van der Waals surface area contributed by atoms with Gasteiger partial charge in [0, 0.05) is 12.4 Å². The summed E-state index contributed by atoms with van der Waals surface area (Å²) in [5, 5.41) is 0.355. The number of nitrogens with two attached hydrogens (primary N) is 1. The van der Waals surface area contributed by atoms with E-state index in [2.05, 4.69) is 15.0 Å². The Hall–Kier alpha value is -2.01. The Morgan fingerprint density at radius 3 is 2.88 bits per heavy atom. The zero-order chi connectivity index (χ0) is 12.4. The molecular formula is C11H9ClN4O. The third-order valence-electron chi connectivity index (χ3n) is 2.14. The fourth-order valence-corrected chi connectivity index (χ4v) is 1.51. The molecule has 0 bridgehead atoms. The largest absolute Gasteiger partial charge is 0.383 e. The number of nitrogen functional groups attached to an aromatic ring is 1. The zero-order valence-corrected chi connectivity index (χ0v) is 9.77. The molecule has 2 aromatic rings. The molecule has 0 saturated carbocycles. The lowest BCUT2D eigenvalue weighted by Gasteiger charge is -2.04. The molecule has 0 atom stereocenters. The minimum atomic E-state index is -0.317. The number of aromatic nitrogens is 3. The fourth-order valence-electron chi connectivity index (χ4n) is 1.35. The van der Waals surface area contributed by atoms with E-state index in [1.165, 1.54) is 24.5 Å². The molecule has 0 aliphatic heterocycles. The molecule has 0 unspecified atom stereocenters. The summed E-state index contributed by atoms with van der Waals surface area (Å²) in [5.74, 6) is 0.336. The summed E-state index contributed by atoms with van der Waals surface area (Å²) in [4.78, 5) is 23.9. The highest BCUT2D eigenvalue weighted by Crippen LogP contribution is 2.17. The van der Waals surface area contributed by atoms with Gasteiger partial charge >= 0.3 is 0 Å². The van der Waals surface area contributed by atoms with Gasteiger partial charge in [-0.1, -0.05) is 11.6 Å². The van der Waals surface area contributed by atoms with E-state index in [9.17, 15) is 4.79 Å². The number of anilines is 1. The molecule has 0 spiro atoms. The summed E-state index contributed by atoms with van der Waals surface area (Å²) in [7, 11) is 0. The van der Waals surface area contributed by atoms with E-state index >= 15 is 0 Å². The molecule has 0 saturated heterocycles. The van der Waals surface area contributed by atoms with Crippen LogP contribution >= 0.6 is 11.6 Å². The Bertz CT molecular complexity index is 585. The smallest absolute Gasteiger partial charge is 0.215 e. The molecular weight excluding hydrogens is 240 g/mol. The van der Waals surface area contributed by atoms with Gasteiger partial charge in [-0.15, -0.1) is 0 Å². The molecule has 2 N–H and O–H groups in total. The van der Waals surface area contributed by atoms with Crippen molar-refractivity contribution in [3.05, 3.63) is 46.6 Å². The van der Waals surface area contributed by atoms with E-state index in [4.69, 9.17) is 17.3 Å². The van der Waals surface area contributed by atoms with Crippen molar-refractivity contribution < 1.29 is 4.79 Å². The van der Waals surface area contributed by atoms with Crippen molar-refractivity contribution in [3.8, 4) is 0 Å². The second kappa shape index (κ2) is 4.47. The van der Waals surface area contributed by atoms with Crippen LogP contribution < -0.4 is 5.73 Å². The third-order valence-corrected chi connectivity index (χ3v) is 2.35. The molecule has 0 amide bonds. The van der Waals surface area contributed by atoms with Gasteiger partial charge < -0.3 is 5.73 Å². The van der Waals surface area contributed by atoms with Crippen molar-refractivity contribution in [3.63, 3.8) is 0 Å².